The minimum atomic E-state index is -3.83. The summed E-state index contributed by atoms with van der Waals surface area (Å²) in [6.07, 6.45) is 1.54. The standard InChI is InChI=1S/C14H23FN2O3S/c1-11(2)20-8-4-3-7-17-21(18,19)14-6-5-12(10-16)9-13(14)15/h5-6,9,11,17H,3-4,7-8,10,16H2,1-2H3. The number of ether oxygens (including phenoxy) is 1. The van der Waals surface area contributed by atoms with Crippen LogP contribution in [0.5, 0.6) is 0 Å². The smallest absolute Gasteiger partial charge is 0.243 e. The lowest BCUT2D eigenvalue weighted by molar-refractivity contribution is 0.0762. The summed E-state index contributed by atoms with van der Waals surface area (Å²) < 4.78 is 45.5. The lowest BCUT2D eigenvalue weighted by Crippen LogP contribution is -2.26. The topological polar surface area (TPSA) is 81.4 Å². The summed E-state index contributed by atoms with van der Waals surface area (Å²) in [6.45, 7) is 4.88. The molecular weight excluding hydrogens is 295 g/mol. The van der Waals surface area contributed by atoms with Gasteiger partial charge in [-0.1, -0.05) is 6.07 Å². The molecule has 21 heavy (non-hydrogen) atoms. The monoisotopic (exact) mass is 318 g/mol. The first-order chi connectivity index (χ1) is 9.86. The van der Waals surface area contributed by atoms with Crippen molar-refractivity contribution >= 4 is 10.0 Å². The highest BCUT2D eigenvalue weighted by Crippen LogP contribution is 2.15. The summed E-state index contributed by atoms with van der Waals surface area (Å²) in [7, 11) is -3.83. The molecule has 1 aromatic carbocycles. The van der Waals surface area contributed by atoms with Gasteiger partial charge < -0.3 is 10.5 Å². The quantitative estimate of drug-likeness (QED) is 0.680. The highest BCUT2D eigenvalue weighted by Gasteiger charge is 2.18. The van der Waals surface area contributed by atoms with Crippen molar-refractivity contribution in [2.45, 2.75) is 44.2 Å². The van der Waals surface area contributed by atoms with Crippen molar-refractivity contribution < 1.29 is 17.5 Å². The summed E-state index contributed by atoms with van der Waals surface area (Å²) in [4.78, 5) is -0.349. The van der Waals surface area contributed by atoms with Gasteiger partial charge in [-0.25, -0.2) is 17.5 Å². The van der Waals surface area contributed by atoms with E-state index in [4.69, 9.17) is 10.5 Å². The number of nitrogens with one attached hydrogen (secondary N) is 1. The van der Waals surface area contributed by atoms with Gasteiger partial charge in [-0.15, -0.1) is 0 Å². The molecular formula is C14H23FN2O3S. The fourth-order valence-electron chi connectivity index (χ4n) is 1.72. The van der Waals surface area contributed by atoms with Crippen LogP contribution in [0.1, 0.15) is 32.3 Å². The molecule has 0 radical (unpaired) electrons. The van der Waals surface area contributed by atoms with Crippen LogP contribution in [0.3, 0.4) is 0 Å². The van der Waals surface area contributed by atoms with E-state index in [2.05, 4.69) is 4.72 Å². The second-order valence-electron chi connectivity index (χ2n) is 4.99. The molecule has 1 aromatic rings. The normalized spacial score (nSPS) is 12.0. The minimum Gasteiger partial charge on any atom is -0.379 e. The van der Waals surface area contributed by atoms with E-state index in [0.29, 0.717) is 18.6 Å². The molecule has 0 heterocycles. The maximum Gasteiger partial charge on any atom is 0.243 e. The van der Waals surface area contributed by atoms with Crippen LogP contribution >= 0.6 is 0 Å². The summed E-state index contributed by atoms with van der Waals surface area (Å²) in [5.74, 6) is -0.784. The summed E-state index contributed by atoms with van der Waals surface area (Å²) in [5, 5.41) is 0. The second kappa shape index (κ2) is 8.43. The van der Waals surface area contributed by atoms with E-state index in [1.165, 1.54) is 12.1 Å². The van der Waals surface area contributed by atoms with Crippen LogP contribution in [0.2, 0.25) is 0 Å². The third-order valence-corrected chi connectivity index (χ3v) is 4.33. The molecule has 0 aliphatic heterocycles. The third kappa shape index (κ3) is 6.09. The van der Waals surface area contributed by atoms with Crippen LogP contribution in [-0.4, -0.2) is 27.7 Å². The van der Waals surface area contributed by atoms with Gasteiger partial charge in [0.1, 0.15) is 10.7 Å². The van der Waals surface area contributed by atoms with Crippen LogP contribution in [0, 0.1) is 5.82 Å². The average Bonchev–Trinajstić information content (AvgIpc) is 2.41. The number of unbranched alkanes of at least 4 members (excludes halogenated alkanes) is 1. The lowest BCUT2D eigenvalue weighted by Gasteiger charge is -2.09. The van der Waals surface area contributed by atoms with Gasteiger partial charge in [0.25, 0.3) is 0 Å². The highest BCUT2D eigenvalue weighted by atomic mass is 32.2. The van der Waals surface area contributed by atoms with Gasteiger partial charge >= 0.3 is 0 Å². The van der Waals surface area contributed by atoms with Gasteiger partial charge in [-0.3, -0.25) is 0 Å². The number of hydrogen-bond acceptors (Lipinski definition) is 4. The number of benzene rings is 1. The molecule has 0 unspecified atom stereocenters. The predicted octanol–water partition coefficient (Wildman–Crippen LogP) is 1.77. The molecule has 0 aliphatic rings. The zero-order valence-corrected chi connectivity index (χ0v) is 13.2. The van der Waals surface area contributed by atoms with Crippen molar-refractivity contribution in [3.63, 3.8) is 0 Å². The molecule has 0 aliphatic carbocycles. The number of nitrogens with two attached hydrogens (primary N) is 1. The predicted molar refractivity (Wildman–Crippen MR) is 79.8 cm³/mol. The number of rotatable bonds is 9. The maximum atomic E-state index is 13.8. The van der Waals surface area contributed by atoms with Gasteiger partial charge in [0.15, 0.2) is 0 Å². The molecule has 0 spiro atoms. The number of hydrogen-bond donors (Lipinski definition) is 2. The maximum absolute atomic E-state index is 13.8. The molecule has 120 valence electrons. The first-order valence-corrected chi connectivity index (χ1v) is 8.45. The van der Waals surface area contributed by atoms with E-state index in [0.717, 1.165) is 12.5 Å². The molecule has 7 heteroatoms. The number of halogens is 1. The van der Waals surface area contributed by atoms with Crippen molar-refractivity contribution in [1.29, 1.82) is 0 Å². The van der Waals surface area contributed by atoms with Crippen LogP contribution < -0.4 is 10.5 Å². The fraction of sp³-hybridized carbons (Fsp3) is 0.571. The average molecular weight is 318 g/mol. The van der Waals surface area contributed by atoms with Crippen molar-refractivity contribution in [2.24, 2.45) is 5.73 Å². The zero-order chi connectivity index (χ0) is 15.9. The van der Waals surface area contributed by atoms with Crippen molar-refractivity contribution in [3.8, 4) is 0 Å². The first-order valence-electron chi connectivity index (χ1n) is 6.96. The molecule has 0 atom stereocenters. The Morgan fingerprint density at radius 3 is 2.62 bits per heavy atom. The van der Waals surface area contributed by atoms with Gasteiger partial charge in [0.05, 0.1) is 6.10 Å². The molecule has 5 nitrogen and oxygen atoms in total. The van der Waals surface area contributed by atoms with E-state index < -0.39 is 15.8 Å². The van der Waals surface area contributed by atoms with Gasteiger partial charge in [0, 0.05) is 19.7 Å². The van der Waals surface area contributed by atoms with Crippen molar-refractivity contribution in [3.05, 3.63) is 29.6 Å². The second-order valence-corrected chi connectivity index (χ2v) is 6.73. The van der Waals surface area contributed by atoms with Crippen LogP contribution in [0.15, 0.2) is 23.1 Å². The van der Waals surface area contributed by atoms with Gasteiger partial charge in [-0.05, 0) is 44.4 Å². The number of sulfonamides is 1. The Morgan fingerprint density at radius 1 is 1.33 bits per heavy atom. The third-order valence-electron chi connectivity index (χ3n) is 2.84. The van der Waals surface area contributed by atoms with Gasteiger partial charge in [-0.2, -0.15) is 0 Å². The van der Waals surface area contributed by atoms with E-state index in [9.17, 15) is 12.8 Å². The summed E-state index contributed by atoms with van der Waals surface area (Å²) in [5.41, 5.74) is 5.94. The van der Waals surface area contributed by atoms with E-state index >= 15 is 0 Å². The molecule has 0 fully saturated rings. The SMILES string of the molecule is CC(C)OCCCCNS(=O)(=O)c1ccc(CN)cc1F. The van der Waals surface area contributed by atoms with E-state index in [1.807, 2.05) is 13.8 Å². The van der Waals surface area contributed by atoms with E-state index in [-0.39, 0.29) is 24.1 Å². The van der Waals surface area contributed by atoms with Gasteiger partial charge in [0.2, 0.25) is 10.0 Å². The summed E-state index contributed by atoms with van der Waals surface area (Å²) in [6, 6.07) is 3.89. The molecule has 0 amide bonds. The Balaban J connectivity index is 2.50. The summed E-state index contributed by atoms with van der Waals surface area (Å²) >= 11 is 0. The molecule has 0 aromatic heterocycles. The molecule has 0 saturated carbocycles. The molecule has 0 saturated heterocycles. The fourth-order valence-corrected chi connectivity index (χ4v) is 2.85. The Labute approximate surface area is 125 Å². The molecule has 3 N–H and O–H groups in total. The van der Waals surface area contributed by atoms with Crippen LogP contribution in [0.25, 0.3) is 0 Å². The Bertz CT molecular complexity index is 547. The highest BCUT2D eigenvalue weighted by molar-refractivity contribution is 7.89. The van der Waals surface area contributed by atoms with Crippen LogP contribution in [0.4, 0.5) is 4.39 Å². The van der Waals surface area contributed by atoms with E-state index in [1.54, 1.807) is 0 Å². The Kier molecular flexibility index (Phi) is 7.24. The van der Waals surface area contributed by atoms with Crippen molar-refractivity contribution in [2.75, 3.05) is 13.2 Å². The largest absolute Gasteiger partial charge is 0.379 e. The zero-order valence-electron chi connectivity index (χ0n) is 12.4. The van der Waals surface area contributed by atoms with Crippen LogP contribution in [-0.2, 0) is 21.3 Å². The van der Waals surface area contributed by atoms with Crippen molar-refractivity contribution in [1.82, 2.24) is 4.72 Å². The molecule has 1 rings (SSSR count). The minimum absolute atomic E-state index is 0.164. The lowest BCUT2D eigenvalue weighted by atomic mass is 10.2. The Hall–Kier alpha value is -1.02. The molecule has 0 bridgehead atoms. The first kappa shape index (κ1) is 18.0. The Morgan fingerprint density at radius 2 is 2.05 bits per heavy atom.